The molecule has 1 aromatic rings. The number of rotatable bonds is 4. The highest BCUT2D eigenvalue weighted by atomic mass is 79.9. The lowest BCUT2D eigenvalue weighted by atomic mass is 9.87. The molecule has 2 unspecified atom stereocenters. The third kappa shape index (κ3) is 3.83. The molecule has 0 aliphatic heterocycles. The van der Waals surface area contributed by atoms with Crippen molar-refractivity contribution >= 4 is 27.6 Å². The molecule has 1 aliphatic rings. The van der Waals surface area contributed by atoms with Crippen LogP contribution >= 0.6 is 15.9 Å². The molecule has 0 saturated heterocycles. The van der Waals surface area contributed by atoms with E-state index in [0.717, 1.165) is 29.4 Å². The zero-order valence-corrected chi connectivity index (χ0v) is 12.5. The molecule has 2 atom stereocenters. The first kappa shape index (κ1) is 14.1. The lowest BCUT2D eigenvalue weighted by molar-refractivity contribution is -0.142. The molecular weight excluding hydrogens is 306 g/mol. The van der Waals surface area contributed by atoms with E-state index in [4.69, 9.17) is 4.74 Å². The number of carbonyl (C=O) groups is 1. The minimum absolute atomic E-state index is 0.194. The molecule has 3 nitrogen and oxygen atoms in total. The summed E-state index contributed by atoms with van der Waals surface area (Å²) in [7, 11) is 1.44. The second kappa shape index (κ2) is 6.75. The fourth-order valence-corrected chi connectivity index (χ4v) is 2.77. The predicted octanol–water partition coefficient (Wildman–Crippen LogP) is 3.76. The van der Waals surface area contributed by atoms with Crippen LogP contribution in [0.3, 0.4) is 0 Å². The summed E-state index contributed by atoms with van der Waals surface area (Å²) in [5, 5.41) is 3.30. The van der Waals surface area contributed by atoms with Gasteiger partial charge in [-0.25, -0.2) is 4.79 Å². The summed E-state index contributed by atoms with van der Waals surface area (Å²) in [6, 6.07) is 7.54. The number of allylic oxidation sites excluding steroid dienone is 2. The molecule has 0 saturated carbocycles. The van der Waals surface area contributed by atoms with Crippen molar-refractivity contribution in [1.82, 2.24) is 0 Å². The van der Waals surface area contributed by atoms with Crippen LogP contribution in [-0.2, 0) is 9.53 Å². The zero-order chi connectivity index (χ0) is 13.7. The maximum Gasteiger partial charge on any atom is 0.328 e. The van der Waals surface area contributed by atoms with Gasteiger partial charge in [0.05, 0.1) is 7.11 Å². The van der Waals surface area contributed by atoms with Crippen molar-refractivity contribution in [2.75, 3.05) is 12.4 Å². The topological polar surface area (TPSA) is 38.3 Å². The molecule has 0 fully saturated rings. The molecular formula is C15H18BrNO2. The number of ether oxygens (including phenoxy) is 1. The summed E-state index contributed by atoms with van der Waals surface area (Å²) in [5.74, 6) is 0.0942. The first-order valence-electron chi connectivity index (χ1n) is 6.45. The Morgan fingerprint density at radius 3 is 2.95 bits per heavy atom. The molecule has 0 amide bonds. The maximum absolute atomic E-state index is 12.0. The molecule has 0 heterocycles. The van der Waals surface area contributed by atoms with Crippen LogP contribution in [0, 0.1) is 5.92 Å². The Hall–Kier alpha value is -1.29. The summed E-state index contributed by atoms with van der Waals surface area (Å²) >= 11 is 3.43. The monoisotopic (exact) mass is 323 g/mol. The smallest absolute Gasteiger partial charge is 0.328 e. The third-order valence-electron chi connectivity index (χ3n) is 3.38. The van der Waals surface area contributed by atoms with Crippen molar-refractivity contribution in [3.63, 3.8) is 0 Å². The largest absolute Gasteiger partial charge is 0.467 e. The molecule has 1 aromatic carbocycles. The maximum atomic E-state index is 12.0. The molecule has 19 heavy (non-hydrogen) atoms. The van der Waals surface area contributed by atoms with Crippen molar-refractivity contribution in [2.24, 2.45) is 5.92 Å². The highest BCUT2D eigenvalue weighted by molar-refractivity contribution is 9.10. The van der Waals surface area contributed by atoms with Gasteiger partial charge in [0.15, 0.2) is 0 Å². The number of benzene rings is 1. The van der Waals surface area contributed by atoms with Gasteiger partial charge in [-0.3, -0.25) is 0 Å². The normalized spacial score (nSPS) is 19.8. The summed E-state index contributed by atoms with van der Waals surface area (Å²) in [4.78, 5) is 12.0. The SMILES string of the molecule is COC(=O)C(Nc1cccc(Br)c1)C1CC=CCC1. The van der Waals surface area contributed by atoms with Gasteiger partial charge in [-0.15, -0.1) is 0 Å². The van der Waals surface area contributed by atoms with Crippen LogP contribution in [0.15, 0.2) is 40.9 Å². The van der Waals surface area contributed by atoms with E-state index in [1.807, 2.05) is 24.3 Å². The van der Waals surface area contributed by atoms with E-state index in [1.54, 1.807) is 0 Å². The minimum Gasteiger partial charge on any atom is -0.467 e. The van der Waals surface area contributed by atoms with E-state index in [1.165, 1.54) is 7.11 Å². The molecule has 1 N–H and O–H groups in total. The third-order valence-corrected chi connectivity index (χ3v) is 3.88. The first-order chi connectivity index (χ1) is 9.20. The Balaban J connectivity index is 2.13. The molecule has 102 valence electrons. The van der Waals surface area contributed by atoms with Crippen molar-refractivity contribution in [1.29, 1.82) is 0 Å². The Morgan fingerprint density at radius 1 is 1.47 bits per heavy atom. The van der Waals surface area contributed by atoms with Crippen molar-refractivity contribution in [2.45, 2.75) is 25.3 Å². The van der Waals surface area contributed by atoms with Crippen LogP contribution in [0.2, 0.25) is 0 Å². The van der Waals surface area contributed by atoms with E-state index >= 15 is 0 Å². The quantitative estimate of drug-likeness (QED) is 0.677. The Bertz CT molecular complexity index is 473. The number of methoxy groups -OCH3 is 1. The van der Waals surface area contributed by atoms with E-state index < -0.39 is 0 Å². The number of hydrogen-bond acceptors (Lipinski definition) is 3. The Labute approximate surface area is 122 Å². The number of esters is 1. The fourth-order valence-electron chi connectivity index (χ4n) is 2.37. The Morgan fingerprint density at radius 2 is 2.32 bits per heavy atom. The number of nitrogens with one attached hydrogen (secondary N) is 1. The average molecular weight is 324 g/mol. The van der Waals surface area contributed by atoms with E-state index in [0.29, 0.717) is 0 Å². The van der Waals surface area contributed by atoms with Gasteiger partial charge in [-0.1, -0.05) is 34.1 Å². The van der Waals surface area contributed by atoms with Crippen molar-refractivity contribution in [3.8, 4) is 0 Å². The van der Waals surface area contributed by atoms with Crippen LogP contribution in [-0.4, -0.2) is 19.1 Å². The standard InChI is InChI=1S/C15H18BrNO2/c1-19-15(18)14(11-6-3-2-4-7-11)17-13-9-5-8-12(16)10-13/h2-3,5,8-11,14,17H,4,6-7H2,1H3. The average Bonchev–Trinajstić information content (AvgIpc) is 2.45. The second-order valence-electron chi connectivity index (χ2n) is 4.70. The van der Waals surface area contributed by atoms with Crippen molar-refractivity contribution in [3.05, 3.63) is 40.9 Å². The van der Waals surface area contributed by atoms with Crippen LogP contribution < -0.4 is 5.32 Å². The predicted molar refractivity (Wildman–Crippen MR) is 80.0 cm³/mol. The number of carbonyl (C=O) groups excluding carboxylic acids is 1. The summed E-state index contributed by atoms with van der Waals surface area (Å²) < 4.78 is 5.92. The van der Waals surface area contributed by atoms with E-state index in [-0.39, 0.29) is 17.9 Å². The second-order valence-corrected chi connectivity index (χ2v) is 5.62. The van der Waals surface area contributed by atoms with Crippen molar-refractivity contribution < 1.29 is 9.53 Å². The molecule has 4 heteroatoms. The number of hydrogen-bond donors (Lipinski definition) is 1. The van der Waals surface area contributed by atoms with Gasteiger partial charge in [0, 0.05) is 10.2 Å². The van der Waals surface area contributed by atoms with Gasteiger partial charge < -0.3 is 10.1 Å². The Kier molecular flexibility index (Phi) is 5.02. The first-order valence-corrected chi connectivity index (χ1v) is 7.25. The lowest BCUT2D eigenvalue weighted by Crippen LogP contribution is -2.38. The van der Waals surface area contributed by atoms with E-state index in [9.17, 15) is 4.79 Å². The molecule has 0 bridgehead atoms. The minimum atomic E-state index is -0.288. The van der Waals surface area contributed by atoms with Crippen LogP contribution in [0.4, 0.5) is 5.69 Å². The summed E-state index contributed by atoms with van der Waals surface area (Å²) in [5.41, 5.74) is 0.930. The lowest BCUT2D eigenvalue weighted by Gasteiger charge is -2.27. The van der Waals surface area contributed by atoms with Gasteiger partial charge in [0.1, 0.15) is 6.04 Å². The molecule has 1 aliphatic carbocycles. The van der Waals surface area contributed by atoms with E-state index in [2.05, 4.69) is 33.4 Å². The number of anilines is 1. The van der Waals surface area contributed by atoms with Crippen LogP contribution in [0.25, 0.3) is 0 Å². The van der Waals surface area contributed by atoms with Gasteiger partial charge in [-0.2, -0.15) is 0 Å². The molecule has 0 spiro atoms. The molecule has 0 aromatic heterocycles. The summed E-state index contributed by atoms with van der Waals surface area (Å²) in [6.07, 6.45) is 7.27. The number of halogens is 1. The fraction of sp³-hybridized carbons (Fsp3) is 0.400. The summed E-state index contributed by atoms with van der Waals surface area (Å²) in [6.45, 7) is 0. The zero-order valence-electron chi connectivity index (χ0n) is 10.9. The van der Waals surface area contributed by atoms with Gasteiger partial charge in [0.25, 0.3) is 0 Å². The van der Waals surface area contributed by atoms with Gasteiger partial charge >= 0.3 is 5.97 Å². The van der Waals surface area contributed by atoms with Crippen LogP contribution in [0.1, 0.15) is 19.3 Å². The van der Waals surface area contributed by atoms with Gasteiger partial charge in [0.2, 0.25) is 0 Å². The highest BCUT2D eigenvalue weighted by Gasteiger charge is 2.29. The van der Waals surface area contributed by atoms with Gasteiger partial charge in [-0.05, 0) is 43.4 Å². The molecule has 0 radical (unpaired) electrons. The van der Waals surface area contributed by atoms with Crippen LogP contribution in [0.5, 0.6) is 0 Å². The molecule has 2 rings (SSSR count). The highest BCUT2D eigenvalue weighted by Crippen LogP contribution is 2.26.